The van der Waals surface area contributed by atoms with Crippen LogP contribution in [0.15, 0.2) is 67.3 Å². The van der Waals surface area contributed by atoms with E-state index in [0.717, 1.165) is 57.2 Å². The molecule has 6 aromatic rings. The van der Waals surface area contributed by atoms with Crippen LogP contribution in [-0.2, 0) is 23.1 Å². The first-order valence-electron chi connectivity index (χ1n) is 12.8. The van der Waals surface area contributed by atoms with Gasteiger partial charge in [-0.25, -0.2) is 22.5 Å². The average Bonchev–Trinajstić information content (AvgIpc) is 3.54. The Hall–Kier alpha value is -4.52. The molecule has 41 heavy (non-hydrogen) atoms. The van der Waals surface area contributed by atoms with Crippen molar-refractivity contribution in [1.29, 1.82) is 0 Å². The fourth-order valence-corrected chi connectivity index (χ4v) is 5.32. The largest absolute Gasteiger partial charge is 0.338 e. The molecule has 6 rings (SSSR count). The molecular formula is C29H27FN8O2S. The molecule has 0 amide bonds. The van der Waals surface area contributed by atoms with Crippen LogP contribution in [-0.4, -0.2) is 63.8 Å². The molecular weight excluding hydrogens is 543 g/mol. The minimum absolute atomic E-state index is 0.0145. The minimum Gasteiger partial charge on any atom is -0.338 e. The van der Waals surface area contributed by atoms with Gasteiger partial charge in [-0.3, -0.25) is 15.1 Å². The minimum atomic E-state index is -3.42. The van der Waals surface area contributed by atoms with Crippen molar-refractivity contribution < 1.29 is 12.8 Å². The third kappa shape index (κ3) is 5.71. The van der Waals surface area contributed by atoms with Gasteiger partial charge in [0.15, 0.2) is 0 Å². The van der Waals surface area contributed by atoms with Crippen LogP contribution in [0.5, 0.6) is 0 Å². The van der Waals surface area contributed by atoms with Crippen LogP contribution < -0.4 is 4.72 Å². The number of aromatic nitrogens is 6. The van der Waals surface area contributed by atoms with Crippen LogP contribution in [0.1, 0.15) is 11.1 Å². The van der Waals surface area contributed by atoms with E-state index >= 15 is 0 Å². The van der Waals surface area contributed by atoms with Crippen LogP contribution in [0, 0.1) is 5.82 Å². The molecule has 0 aliphatic heterocycles. The summed E-state index contributed by atoms with van der Waals surface area (Å²) in [5.74, 6) is -0.462. The highest BCUT2D eigenvalue weighted by Gasteiger charge is 2.16. The lowest BCUT2D eigenvalue weighted by atomic mass is 10.0. The third-order valence-corrected chi connectivity index (χ3v) is 7.30. The molecule has 0 spiro atoms. The summed E-state index contributed by atoms with van der Waals surface area (Å²) in [7, 11) is 0.603. The topological polar surface area (TPSA) is 133 Å². The molecule has 0 fully saturated rings. The Morgan fingerprint density at radius 3 is 2.59 bits per heavy atom. The van der Waals surface area contributed by atoms with E-state index in [4.69, 9.17) is 0 Å². The van der Waals surface area contributed by atoms with Gasteiger partial charge in [0.05, 0.1) is 29.4 Å². The van der Waals surface area contributed by atoms with E-state index < -0.39 is 15.8 Å². The van der Waals surface area contributed by atoms with Crippen molar-refractivity contribution in [3.05, 3.63) is 84.2 Å². The third-order valence-electron chi connectivity index (χ3n) is 6.63. The predicted octanol–water partition coefficient (Wildman–Crippen LogP) is 4.48. The number of fused-ring (bicyclic) bond motifs is 2. The van der Waals surface area contributed by atoms with Gasteiger partial charge in [-0.1, -0.05) is 0 Å². The van der Waals surface area contributed by atoms with Gasteiger partial charge in [0, 0.05) is 48.0 Å². The van der Waals surface area contributed by atoms with Gasteiger partial charge in [-0.15, -0.1) is 0 Å². The van der Waals surface area contributed by atoms with Gasteiger partial charge in [-0.2, -0.15) is 5.10 Å². The lowest BCUT2D eigenvalue weighted by Crippen LogP contribution is -2.21. The Morgan fingerprint density at radius 2 is 1.78 bits per heavy atom. The van der Waals surface area contributed by atoms with Gasteiger partial charge < -0.3 is 9.88 Å². The fraction of sp³-hybridized carbons (Fsp3) is 0.172. The number of H-pyrrole nitrogens is 2. The first-order valence-corrected chi connectivity index (χ1v) is 14.7. The number of aromatic amines is 2. The Morgan fingerprint density at radius 1 is 0.951 bits per heavy atom. The van der Waals surface area contributed by atoms with Crippen LogP contribution in [0.4, 0.5) is 4.39 Å². The summed E-state index contributed by atoms with van der Waals surface area (Å²) < 4.78 is 40.1. The van der Waals surface area contributed by atoms with E-state index in [1.165, 1.54) is 12.1 Å². The molecule has 0 unspecified atom stereocenters. The predicted molar refractivity (Wildman–Crippen MR) is 157 cm³/mol. The van der Waals surface area contributed by atoms with E-state index in [1.807, 2.05) is 32.4 Å². The van der Waals surface area contributed by atoms with Crippen molar-refractivity contribution in [2.75, 3.05) is 20.4 Å². The first-order chi connectivity index (χ1) is 19.6. The molecule has 0 bridgehead atoms. The van der Waals surface area contributed by atoms with Crippen molar-refractivity contribution >= 4 is 32.0 Å². The van der Waals surface area contributed by atoms with Gasteiger partial charge in [0.2, 0.25) is 10.0 Å². The van der Waals surface area contributed by atoms with Gasteiger partial charge in [0.25, 0.3) is 0 Å². The SMILES string of the molecule is CN(C)Cc1cncc(-c2cc3c(-c4cc5c(-c6cc(F)cc(CNS(C)(=O)=O)c6)ccnc5[nH]4)n[nH]c3cn2)c1. The number of benzene rings is 1. The summed E-state index contributed by atoms with van der Waals surface area (Å²) in [5, 5.41) is 9.27. The number of nitrogens with one attached hydrogen (secondary N) is 3. The van der Waals surface area contributed by atoms with Gasteiger partial charge in [0.1, 0.15) is 17.2 Å². The number of pyridine rings is 3. The summed E-state index contributed by atoms with van der Waals surface area (Å²) in [6.07, 6.45) is 8.12. The molecule has 10 nitrogen and oxygen atoms in total. The Balaban J connectivity index is 1.40. The molecule has 0 aliphatic rings. The van der Waals surface area contributed by atoms with E-state index in [9.17, 15) is 12.8 Å². The molecule has 208 valence electrons. The maximum Gasteiger partial charge on any atom is 0.209 e. The second-order valence-electron chi connectivity index (χ2n) is 10.3. The summed E-state index contributed by atoms with van der Waals surface area (Å²) in [4.78, 5) is 18.9. The molecule has 0 aliphatic carbocycles. The maximum atomic E-state index is 14.6. The van der Waals surface area contributed by atoms with Gasteiger partial charge in [-0.05, 0) is 78.8 Å². The molecule has 0 saturated heterocycles. The second-order valence-corrected chi connectivity index (χ2v) is 12.1. The lowest BCUT2D eigenvalue weighted by Gasteiger charge is -2.10. The van der Waals surface area contributed by atoms with Crippen molar-refractivity contribution in [1.82, 2.24) is 39.8 Å². The van der Waals surface area contributed by atoms with Crippen molar-refractivity contribution in [3.63, 3.8) is 0 Å². The number of nitrogens with zero attached hydrogens (tertiary/aromatic N) is 5. The van der Waals surface area contributed by atoms with Crippen molar-refractivity contribution in [2.45, 2.75) is 13.1 Å². The van der Waals surface area contributed by atoms with Crippen LogP contribution >= 0.6 is 0 Å². The van der Waals surface area contributed by atoms with Crippen molar-refractivity contribution in [3.8, 4) is 33.8 Å². The Bertz CT molecular complexity index is 2020. The van der Waals surface area contributed by atoms with E-state index in [1.54, 1.807) is 30.7 Å². The zero-order chi connectivity index (χ0) is 28.7. The number of rotatable bonds is 8. The van der Waals surface area contributed by atoms with E-state index in [2.05, 4.69) is 45.8 Å². The highest BCUT2D eigenvalue weighted by molar-refractivity contribution is 7.88. The normalized spacial score (nSPS) is 12.1. The number of hydrogen-bond acceptors (Lipinski definition) is 7. The molecule has 0 radical (unpaired) electrons. The number of sulfonamides is 1. The number of hydrogen-bond donors (Lipinski definition) is 3. The molecule has 12 heteroatoms. The summed E-state index contributed by atoms with van der Waals surface area (Å²) >= 11 is 0. The van der Waals surface area contributed by atoms with Crippen molar-refractivity contribution in [2.24, 2.45) is 0 Å². The quantitative estimate of drug-likeness (QED) is 0.246. The molecule has 0 atom stereocenters. The van der Waals surface area contributed by atoms with Gasteiger partial charge >= 0.3 is 0 Å². The van der Waals surface area contributed by atoms with Crippen LogP contribution in [0.3, 0.4) is 0 Å². The first kappa shape index (κ1) is 26.7. The summed E-state index contributed by atoms with van der Waals surface area (Å²) in [6.45, 7) is 0.755. The molecule has 3 N–H and O–H groups in total. The monoisotopic (exact) mass is 570 g/mol. The Kier molecular flexibility index (Phi) is 6.81. The highest BCUT2D eigenvalue weighted by atomic mass is 32.2. The highest BCUT2D eigenvalue weighted by Crippen LogP contribution is 2.34. The second kappa shape index (κ2) is 10.5. The van der Waals surface area contributed by atoms with Crippen LogP contribution in [0.2, 0.25) is 0 Å². The van der Waals surface area contributed by atoms with E-state index in [0.29, 0.717) is 22.5 Å². The van der Waals surface area contributed by atoms with E-state index in [-0.39, 0.29) is 6.54 Å². The smallest absolute Gasteiger partial charge is 0.209 e. The standard InChI is InChI=1S/C29H27FN8O2S/c1-38(2)16-18-7-20(14-31-12-18)25-11-24-27(15-33-25)36-37-28(24)26-10-23-22(4-5-32-29(23)35-26)19-6-17(8-21(30)9-19)13-34-41(3,39)40/h4-12,14-15,34H,13,16H2,1-3H3,(H,32,35)(H,36,37). The maximum absolute atomic E-state index is 14.6. The van der Waals surface area contributed by atoms with Crippen LogP contribution in [0.25, 0.3) is 55.7 Å². The molecule has 1 aromatic carbocycles. The Labute approximate surface area is 235 Å². The summed E-state index contributed by atoms with van der Waals surface area (Å²) in [5.41, 5.74) is 7.47. The lowest BCUT2D eigenvalue weighted by molar-refractivity contribution is 0.402. The fourth-order valence-electron chi connectivity index (χ4n) is 4.89. The zero-order valence-corrected chi connectivity index (χ0v) is 23.4. The molecule has 5 aromatic heterocycles. The average molecular weight is 571 g/mol. The molecule has 5 heterocycles. The summed E-state index contributed by atoms with van der Waals surface area (Å²) in [6, 6.07) is 12.3. The number of halogens is 1. The molecule has 0 saturated carbocycles. The zero-order valence-electron chi connectivity index (χ0n) is 22.6.